The highest BCUT2D eigenvalue weighted by Gasteiger charge is 2.09. The summed E-state index contributed by atoms with van der Waals surface area (Å²) in [7, 11) is 1.33. The molecule has 2 heterocycles. The quantitative estimate of drug-likeness (QED) is 0.431. The molecule has 126 valence electrons. The molecule has 1 N–H and O–H groups in total. The summed E-state index contributed by atoms with van der Waals surface area (Å²) in [5.74, 6) is 0.372. The highest BCUT2D eigenvalue weighted by Crippen LogP contribution is 2.22. The number of carbonyl (C=O) groups excluding carboxylic acids is 2. The number of methoxy groups -OCH3 is 1. The number of hydrogen-bond acceptors (Lipinski definition) is 6. The lowest BCUT2D eigenvalue weighted by Crippen LogP contribution is -2.15. The third kappa shape index (κ3) is 4.02. The van der Waals surface area contributed by atoms with Gasteiger partial charge in [0.1, 0.15) is 11.5 Å². The van der Waals surface area contributed by atoms with Crippen LogP contribution in [0.5, 0.6) is 0 Å². The van der Waals surface area contributed by atoms with Crippen LogP contribution in [0.2, 0.25) is 0 Å². The Morgan fingerprint density at radius 2 is 2.08 bits per heavy atom. The average molecular weight is 354 g/mol. The molecule has 2 aromatic heterocycles. The van der Waals surface area contributed by atoms with Crippen molar-refractivity contribution in [1.29, 1.82) is 0 Å². The number of rotatable bonds is 5. The first kappa shape index (κ1) is 16.7. The van der Waals surface area contributed by atoms with Crippen molar-refractivity contribution >= 4 is 29.4 Å². The number of hydrazone groups is 1. The molecule has 3 aromatic rings. The molecule has 0 atom stereocenters. The maximum absolute atomic E-state index is 11.8. The van der Waals surface area contributed by atoms with Crippen molar-refractivity contribution in [1.82, 2.24) is 5.43 Å². The molecule has 0 saturated heterocycles. The van der Waals surface area contributed by atoms with Gasteiger partial charge in [0.2, 0.25) is 0 Å². The van der Waals surface area contributed by atoms with E-state index in [-0.39, 0.29) is 5.91 Å². The van der Waals surface area contributed by atoms with E-state index in [4.69, 9.17) is 9.15 Å². The molecule has 0 spiro atoms. The lowest BCUT2D eigenvalue weighted by atomic mass is 10.1. The molecule has 1 amide bonds. The minimum atomic E-state index is -0.411. The van der Waals surface area contributed by atoms with Crippen molar-refractivity contribution in [3.05, 3.63) is 70.1 Å². The Kier molecular flexibility index (Phi) is 5.06. The first-order chi connectivity index (χ1) is 12.2. The molecule has 0 unspecified atom stereocenters. The van der Waals surface area contributed by atoms with Gasteiger partial charge in [-0.25, -0.2) is 10.2 Å². The lowest BCUT2D eigenvalue weighted by Gasteiger charge is -2.01. The second-order valence-corrected chi connectivity index (χ2v) is 5.90. The molecule has 0 aliphatic rings. The van der Waals surface area contributed by atoms with E-state index >= 15 is 0 Å². The van der Waals surface area contributed by atoms with Gasteiger partial charge >= 0.3 is 5.97 Å². The van der Waals surface area contributed by atoms with Crippen LogP contribution in [0.3, 0.4) is 0 Å². The Labute approximate surface area is 147 Å². The molecule has 1 aromatic carbocycles. The first-order valence-electron chi connectivity index (χ1n) is 7.33. The van der Waals surface area contributed by atoms with Gasteiger partial charge in [-0.1, -0.05) is 18.2 Å². The monoisotopic (exact) mass is 354 g/mol. The van der Waals surface area contributed by atoms with Crippen molar-refractivity contribution in [3.63, 3.8) is 0 Å². The van der Waals surface area contributed by atoms with Crippen LogP contribution in [-0.4, -0.2) is 25.2 Å². The summed E-state index contributed by atoms with van der Waals surface area (Å²) in [5.41, 5.74) is 3.61. The summed E-state index contributed by atoms with van der Waals surface area (Å²) in [6.45, 7) is 0. The summed E-state index contributed by atoms with van der Waals surface area (Å²) >= 11 is 1.34. The summed E-state index contributed by atoms with van der Waals surface area (Å²) < 4.78 is 10.4. The predicted octanol–water partition coefficient (Wildman–Crippen LogP) is 3.56. The molecule has 0 bridgehead atoms. The molecular formula is C18H14N2O4S. The number of furan rings is 1. The van der Waals surface area contributed by atoms with E-state index < -0.39 is 5.97 Å². The summed E-state index contributed by atoms with van der Waals surface area (Å²) in [5, 5.41) is 5.70. The second-order valence-electron chi connectivity index (χ2n) is 4.95. The fourth-order valence-electron chi connectivity index (χ4n) is 2.11. The number of thiophene rings is 1. The van der Waals surface area contributed by atoms with Gasteiger partial charge in [-0.05, 0) is 35.7 Å². The first-order valence-corrected chi connectivity index (χ1v) is 8.21. The zero-order valence-electron chi connectivity index (χ0n) is 13.3. The van der Waals surface area contributed by atoms with Crippen LogP contribution >= 0.6 is 11.3 Å². The number of hydrogen-bond donors (Lipinski definition) is 1. The molecule has 6 nitrogen and oxygen atoms in total. The predicted molar refractivity (Wildman–Crippen MR) is 94.9 cm³/mol. The SMILES string of the molecule is COC(=O)c1cccc(-c2ccc(/C=N\NC(=O)c3cccs3)o2)c1. The topological polar surface area (TPSA) is 80.9 Å². The largest absolute Gasteiger partial charge is 0.465 e. The average Bonchev–Trinajstić information content (AvgIpc) is 3.33. The van der Waals surface area contributed by atoms with Crippen molar-refractivity contribution in [2.24, 2.45) is 5.10 Å². The van der Waals surface area contributed by atoms with Crippen molar-refractivity contribution in [3.8, 4) is 11.3 Å². The van der Waals surface area contributed by atoms with Crippen LogP contribution < -0.4 is 5.43 Å². The molecule has 0 aliphatic carbocycles. The zero-order chi connectivity index (χ0) is 17.6. The van der Waals surface area contributed by atoms with E-state index in [1.807, 2.05) is 11.4 Å². The molecule has 3 rings (SSSR count). The normalized spacial score (nSPS) is 10.8. The molecule has 0 aliphatic heterocycles. The van der Waals surface area contributed by atoms with Crippen LogP contribution in [0.25, 0.3) is 11.3 Å². The highest BCUT2D eigenvalue weighted by molar-refractivity contribution is 7.12. The number of esters is 1. The number of ether oxygens (including phenoxy) is 1. The molecular weight excluding hydrogens is 340 g/mol. The van der Waals surface area contributed by atoms with Gasteiger partial charge < -0.3 is 9.15 Å². The summed E-state index contributed by atoms with van der Waals surface area (Å²) in [4.78, 5) is 23.9. The van der Waals surface area contributed by atoms with Crippen LogP contribution in [-0.2, 0) is 4.74 Å². The van der Waals surface area contributed by atoms with Gasteiger partial charge in [0.05, 0.1) is 23.8 Å². The zero-order valence-corrected chi connectivity index (χ0v) is 14.1. The van der Waals surface area contributed by atoms with E-state index in [2.05, 4.69) is 10.5 Å². The van der Waals surface area contributed by atoms with Gasteiger partial charge in [-0.2, -0.15) is 5.10 Å². The lowest BCUT2D eigenvalue weighted by molar-refractivity contribution is 0.0600. The number of nitrogens with zero attached hydrogens (tertiary/aromatic N) is 1. The fourth-order valence-corrected chi connectivity index (χ4v) is 2.73. The van der Waals surface area contributed by atoms with Crippen LogP contribution in [0, 0.1) is 0 Å². The summed E-state index contributed by atoms with van der Waals surface area (Å²) in [6.07, 6.45) is 1.42. The Bertz CT molecular complexity index is 913. The molecule has 7 heteroatoms. The minimum Gasteiger partial charge on any atom is -0.465 e. The number of nitrogens with one attached hydrogen (secondary N) is 1. The van der Waals surface area contributed by atoms with Crippen LogP contribution in [0.1, 0.15) is 25.8 Å². The van der Waals surface area contributed by atoms with Gasteiger partial charge in [0.25, 0.3) is 5.91 Å². The Balaban J connectivity index is 1.69. The molecule has 0 fully saturated rings. The van der Waals surface area contributed by atoms with Gasteiger partial charge in [-0.3, -0.25) is 4.79 Å². The number of carbonyl (C=O) groups is 2. The van der Waals surface area contributed by atoms with E-state index in [0.29, 0.717) is 22.0 Å². The van der Waals surface area contributed by atoms with E-state index in [9.17, 15) is 9.59 Å². The fraction of sp³-hybridized carbons (Fsp3) is 0.0556. The van der Waals surface area contributed by atoms with Crippen molar-refractivity contribution in [2.75, 3.05) is 7.11 Å². The molecule has 25 heavy (non-hydrogen) atoms. The molecule has 0 saturated carbocycles. The Morgan fingerprint density at radius 1 is 1.20 bits per heavy atom. The van der Waals surface area contributed by atoms with Gasteiger partial charge in [0.15, 0.2) is 0 Å². The van der Waals surface area contributed by atoms with Crippen molar-refractivity contribution < 1.29 is 18.7 Å². The standard InChI is InChI=1S/C18H14N2O4S/c1-23-18(22)13-5-2-4-12(10-13)15-8-7-14(24-15)11-19-20-17(21)16-6-3-9-25-16/h2-11H,1H3,(H,20,21)/b19-11-. The van der Waals surface area contributed by atoms with E-state index in [1.165, 1.54) is 24.7 Å². The van der Waals surface area contributed by atoms with Gasteiger partial charge in [-0.15, -0.1) is 11.3 Å². The Morgan fingerprint density at radius 3 is 2.84 bits per heavy atom. The van der Waals surface area contributed by atoms with Crippen LogP contribution in [0.4, 0.5) is 0 Å². The third-order valence-corrected chi connectivity index (χ3v) is 4.17. The second kappa shape index (κ2) is 7.59. The Hall–Kier alpha value is -3.19. The maximum atomic E-state index is 11.8. The number of amides is 1. The minimum absolute atomic E-state index is 0.274. The smallest absolute Gasteiger partial charge is 0.337 e. The van der Waals surface area contributed by atoms with Crippen molar-refractivity contribution in [2.45, 2.75) is 0 Å². The van der Waals surface area contributed by atoms with E-state index in [1.54, 1.807) is 42.5 Å². The highest BCUT2D eigenvalue weighted by atomic mass is 32.1. The maximum Gasteiger partial charge on any atom is 0.337 e. The third-order valence-electron chi connectivity index (χ3n) is 3.30. The number of benzene rings is 1. The van der Waals surface area contributed by atoms with Crippen LogP contribution in [0.15, 0.2) is 63.4 Å². The molecule has 0 radical (unpaired) electrons. The summed E-state index contributed by atoms with van der Waals surface area (Å²) in [6, 6.07) is 13.9. The van der Waals surface area contributed by atoms with Gasteiger partial charge in [0, 0.05) is 5.56 Å². The van der Waals surface area contributed by atoms with E-state index in [0.717, 1.165) is 5.56 Å².